The van der Waals surface area contributed by atoms with Gasteiger partial charge < -0.3 is 20.1 Å². The van der Waals surface area contributed by atoms with Crippen LogP contribution >= 0.6 is 22.6 Å². The van der Waals surface area contributed by atoms with Gasteiger partial charge in [0, 0.05) is 9.99 Å². The molecular formula is C26H22FIN4O4. The van der Waals surface area contributed by atoms with Crippen molar-refractivity contribution in [3.8, 4) is 5.75 Å². The van der Waals surface area contributed by atoms with Gasteiger partial charge >= 0.3 is 6.03 Å². The van der Waals surface area contributed by atoms with Gasteiger partial charge in [-0.1, -0.05) is 24.3 Å². The molecule has 0 spiro atoms. The van der Waals surface area contributed by atoms with Crippen LogP contribution in [0.15, 0.2) is 66.7 Å². The number of urea groups is 1. The predicted octanol–water partition coefficient (Wildman–Crippen LogP) is 4.25. The monoisotopic (exact) mass is 600 g/mol. The lowest BCUT2D eigenvalue weighted by Crippen LogP contribution is -2.36. The number of aliphatic hydroxyl groups excluding tert-OH is 1. The van der Waals surface area contributed by atoms with Crippen molar-refractivity contribution < 1.29 is 23.8 Å². The van der Waals surface area contributed by atoms with Gasteiger partial charge in [0.25, 0.3) is 5.91 Å². The zero-order valence-corrected chi connectivity index (χ0v) is 21.1. The summed E-state index contributed by atoms with van der Waals surface area (Å²) in [7, 11) is 0. The van der Waals surface area contributed by atoms with Gasteiger partial charge in [0.2, 0.25) is 0 Å². The molecule has 3 aromatic carbocycles. The van der Waals surface area contributed by atoms with E-state index in [0.717, 1.165) is 20.2 Å². The van der Waals surface area contributed by atoms with Crippen LogP contribution in [0.5, 0.6) is 5.75 Å². The lowest BCUT2D eigenvalue weighted by atomic mass is 10.0. The highest BCUT2D eigenvalue weighted by Crippen LogP contribution is 2.33. The number of aromatic amines is 1. The number of H-pyrrole nitrogens is 1. The number of rotatable bonds is 8. The van der Waals surface area contributed by atoms with Crippen LogP contribution in [0.25, 0.3) is 11.0 Å². The third-order valence-electron chi connectivity index (χ3n) is 5.98. The molecule has 10 heteroatoms. The van der Waals surface area contributed by atoms with E-state index in [-0.39, 0.29) is 25.5 Å². The normalized spacial score (nSPS) is 16.4. The number of halogens is 2. The first-order chi connectivity index (χ1) is 17.4. The van der Waals surface area contributed by atoms with Crippen LogP contribution in [-0.2, 0) is 11.2 Å². The molecule has 8 nitrogen and oxygen atoms in total. The number of hydrogen-bond acceptors (Lipinski definition) is 5. The second kappa shape index (κ2) is 10.2. The Labute approximate surface area is 219 Å². The summed E-state index contributed by atoms with van der Waals surface area (Å²) >= 11 is 2.20. The molecule has 3 N–H and O–H groups in total. The average molecular weight is 600 g/mol. The van der Waals surface area contributed by atoms with Crippen LogP contribution in [0, 0.1) is 9.39 Å². The van der Waals surface area contributed by atoms with Crippen molar-refractivity contribution >= 4 is 45.6 Å². The number of nitrogens with one attached hydrogen (secondary N) is 2. The Bertz CT molecular complexity index is 1410. The molecule has 36 heavy (non-hydrogen) atoms. The van der Waals surface area contributed by atoms with Crippen LogP contribution < -0.4 is 10.1 Å². The fourth-order valence-electron chi connectivity index (χ4n) is 4.25. The first kappa shape index (κ1) is 24.2. The van der Waals surface area contributed by atoms with Gasteiger partial charge in [0.15, 0.2) is 0 Å². The van der Waals surface area contributed by atoms with E-state index >= 15 is 0 Å². The molecule has 1 aliphatic heterocycles. The van der Waals surface area contributed by atoms with E-state index in [9.17, 15) is 14.0 Å². The lowest BCUT2D eigenvalue weighted by Gasteiger charge is -2.24. The fraction of sp³-hybridized carbons (Fsp3) is 0.192. The molecule has 1 unspecified atom stereocenters. The Hall–Kier alpha value is -3.51. The van der Waals surface area contributed by atoms with Crippen molar-refractivity contribution in [1.29, 1.82) is 0 Å². The first-order valence-corrected chi connectivity index (χ1v) is 12.4. The van der Waals surface area contributed by atoms with E-state index in [1.165, 1.54) is 17.0 Å². The maximum atomic E-state index is 13.6. The molecule has 5 rings (SSSR count). The number of hydrogen-bond donors (Lipinski definition) is 3. The van der Waals surface area contributed by atoms with Gasteiger partial charge in [-0.15, -0.1) is 0 Å². The maximum absolute atomic E-state index is 13.6. The number of imide groups is 1. The average Bonchev–Trinajstić information content (AvgIpc) is 3.42. The number of carbonyl (C=O) groups excluding carboxylic acids is 2. The fourth-order valence-corrected chi connectivity index (χ4v) is 4.72. The Morgan fingerprint density at radius 1 is 1.08 bits per heavy atom. The van der Waals surface area contributed by atoms with Gasteiger partial charge in [-0.05, 0) is 76.2 Å². The summed E-state index contributed by atoms with van der Waals surface area (Å²) in [5, 5.41) is 11.7. The third-order valence-corrected chi connectivity index (χ3v) is 6.65. The summed E-state index contributed by atoms with van der Waals surface area (Å²) in [6, 6.07) is 16.4. The number of aromatic nitrogens is 2. The van der Waals surface area contributed by atoms with Crippen molar-refractivity contribution in [3.63, 3.8) is 0 Å². The minimum atomic E-state index is -0.870. The highest BCUT2D eigenvalue weighted by atomic mass is 127. The summed E-state index contributed by atoms with van der Waals surface area (Å²) in [5.74, 6) is 0.238. The lowest BCUT2D eigenvalue weighted by molar-refractivity contribution is -0.129. The van der Waals surface area contributed by atoms with Crippen molar-refractivity contribution in [1.82, 2.24) is 20.2 Å². The summed E-state index contributed by atoms with van der Waals surface area (Å²) in [4.78, 5) is 35.9. The molecule has 1 aromatic heterocycles. The van der Waals surface area contributed by atoms with E-state index in [1.807, 2.05) is 18.2 Å². The maximum Gasteiger partial charge on any atom is 0.325 e. The number of fused-ring (bicyclic) bond motifs is 1. The molecule has 1 aliphatic rings. The molecule has 2 atom stereocenters. The van der Waals surface area contributed by atoms with Crippen LogP contribution in [0.2, 0.25) is 0 Å². The Kier molecular flexibility index (Phi) is 6.88. The van der Waals surface area contributed by atoms with Gasteiger partial charge in [-0.3, -0.25) is 9.69 Å². The molecule has 3 amide bonds. The second-order valence-corrected chi connectivity index (χ2v) is 9.61. The smallest absolute Gasteiger partial charge is 0.325 e. The minimum absolute atomic E-state index is 0.107. The van der Waals surface area contributed by atoms with Crippen LogP contribution in [0.3, 0.4) is 0 Å². The standard InChI is InChI=1S/C26H22FIN4O4/c27-17-5-1-15(2-6-17)13-22(24-29-20-10-7-18(28)14-21(20)30-24)32-25(34)23(31-26(32)35)16-3-8-19(9-4-16)36-12-11-33/h1-10,14,22-23,33H,11-13H2,(H,29,30)(H,31,35)/t22?,23-/m1/s1. The molecule has 2 heterocycles. The molecule has 1 saturated heterocycles. The quantitative estimate of drug-likeness (QED) is 0.207. The van der Waals surface area contributed by atoms with E-state index in [2.05, 4.69) is 32.9 Å². The van der Waals surface area contributed by atoms with E-state index in [0.29, 0.717) is 17.1 Å². The Morgan fingerprint density at radius 2 is 1.83 bits per heavy atom. The van der Waals surface area contributed by atoms with Crippen molar-refractivity contribution in [2.45, 2.75) is 18.5 Å². The van der Waals surface area contributed by atoms with Crippen molar-refractivity contribution in [3.05, 3.63) is 93.1 Å². The molecule has 4 aromatic rings. The Morgan fingerprint density at radius 3 is 2.56 bits per heavy atom. The summed E-state index contributed by atoms with van der Waals surface area (Å²) < 4.78 is 19.9. The minimum Gasteiger partial charge on any atom is -0.491 e. The van der Waals surface area contributed by atoms with Crippen molar-refractivity contribution in [2.24, 2.45) is 0 Å². The molecule has 0 radical (unpaired) electrons. The predicted molar refractivity (Wildman–Crippen MR) is 139 cm³/mol. The summed E-state index contributed by atoms with van der Waals surface area (Å²) in [6.07, 6.45) is 0.261. The highest BCUT2D eigenvalue weighted by Gasteiger charge is 2.44. The van der Waals surface area contributed by atoms with E-state index in [4.69, 9.17) is 14.8 Å². The summed E-state index contributed by atoms with van der Waals surface area (Å²) in [6.45, 7) is 0.0537. The zero-order valence-electron chi connectivity index (χ0n) is 18.9. The number of carbonyl (C=O) groups is 2. The van der Waals surface area contributed by atoms with Crippen LogP contribution in [0.1, 0.15) is 29.0 Å². The molecule has 184 valence electrons. The van der Waals surface area contributed by atoms with E-state index in [1.54, 1.807) is 36.4 Å². The van der Waals surface area contributed by atoms with Crippen LogP contribution in [0.4, 0.5) is 9.18 Å². The van der Waals surface area contributed by atoms with Crippen LogP contribution in [-0.4, -0.2) is 45.1 Å². The number of ether oxygens (including phenoxy) is 1. The number of amides is 3. The van der Waals surface area contributed by atoms with Gasteiger partial charge in [-0.25, -0.2) is 14.2 Å². The highest BCUT2D eigenvalue weighted by molar-refractivity contribution is 14.1. The first-order valence-electron chi connectivity index (χ1n) is 11.3. The molecule has 0 bridgehead atoms. The van der Waals surface area contributed by atoms with Gasteiger partial charge in [0.1, 0.15) is 36.1 Å². The molecule has 0 aliphatic carbocycles. The topological polar surface area (TPSA) is 108 Å². The number of aliphatic hydroxyl groups is 1. The van der Waals surface area contributed by atoms with Crippen molar-refractivity contribution in [2.75, 3.05) is 13.2 Å². The third kappa shape index (κ3) is 4.91. The number of imidazole rings is 1. The summed E-state index contributed by atoms with van der Waals surface area (Å²) in [5.41, 5.74) is 2.87. The SMILES string of the molecule is O=C1N[C@H](c2ccc(OCCO)cc2)C(=O)N1C(Cc1ccc(F)cc1)c1nc2cc(I)ccc2[nH]1. The largest absolute Gasteiger partial charge is 0.491 e. The number of nitrogens with zero attached hydrogens (tertiary/aromatic N) is 2. The molecule has 1 fully saturated rings. The molecule has 0 saturated carbocycles. The number of benzene rings is 3. The second-order valence-electron chi connectivity index (χ2n) is 8.36. The van der Waals surface area contributed by atoms with Gasteiger partial charge in [0.05, 0.1) is 17.6 Å². The Balaban J connectivity index is 1.48. The van der Waals surface area contributed by atoms with Gasteiger partial charge in [-0.2, -0.15) is 0 Å². The van der Waals surface area contributed by atoms with E-state index < -0.39 is 24.0 Å². The molecular weight excluding hydrogens is 578 g/mol. The zero-order chi connectivity index (χ0) is 25.2.